The lowest BCUT2D eigenvalue weighted by atomic mass is 10.1. The van der Waals surface area contributed by atoms with Crippen LogP contribution < -0.4 is 9.62 Å². The van der Waals surface area contributed by atoms with Gasteiger partial charge in [0.15, 0.2) is 0 Å². The molecule has 29 heavy (non-hydrogen) atoms. The summed E-state index contributed by atoms with van der Waals surface area (Å²) < 4.78 is 25.6. The molecule has 3 aromatic rings. The molecule has 0 fully saturated rings. The topological polar surface area (TPSA) is 92.3 Å². The fraction of sp³-hybridized carbons (Fsp3) is 0.211. The second-order valence-electron chi connectivity index (χ2n) is 6.53. The van der Waals surface area contributed by atoms with Crippen LogP contribution in [0.1, 0.15) is 11.1 Å². The van der Waals surface area contributed by atoms with E-state index < -0.39 is 15.9 Å². The molecular weight excluding hydrogens is 432 g/mol. The molecule has 0 bridgehead atoms. The minimum atomic E-state index is -3.66. The minimum absolute atomic E-state index is 0.286. The van der Waals surface area contributed by atoms with E-state index in [0.717, 1.165) is 27.3 Å². The average molecular weight is 451 g/mol. The monoisotopic (exact) mass is 450 g/mol. The zero-order valence-electron chi connectivity index (χ0n) is 16.0. The van der Waals surface area contributed by atoms with Crippen molar-refractivity contribution in [1.82, 2.24) is 10.2 Å². The van der Waals surface area contributed by atoms with Crippen LogP contribution in [0, 0.1) is 13.8 Å². The summed E-state index contributed by atoms with van der Waals surface area (Å²) in [5.74, 6) is -0.505. The molecule has 1 N–H and O–H groups in total. The SMILES string of the molecule is Cc1ccc(N(CC(=O)Nc2nnc(-c3ccc(Cl)cc3)s2)S(C)(=O)=O)c(C)c1. The zero-order valence-corrected chi connectivity index (χ0v) is 18.4. The molecule has 2 aromatic carbocycles. The molecule has 7 nitrogen and oxygen atoms in total. The van der Waals surface area contributed by atoms with E-state index in [2.05, 4.69) is 15.5 Å². The predicted octanol–water partition coefficient (Wildman–Crippen LogP) is 3.88. The fourth-order valence-corrected chi connectivity index (χ4v) is 4.54. The molecular formula is C19H19ClN4O3S2. The molecule has 0 saturated carbocycles. The van der Waals surface area contributed by atoms with Gasteiger partial charge in [-0.1, -0.05) is 52.8 Å². The van der Waals surface area contributed by atoms with Crippen LogP contribution >= 0.6 is 22.9 Å². The highest BCUT2D eigenvalue weighted by molar-refractivity contribution is 7.92. The Hall–Kier alpha value is -2.49. The van der Waals surface area contributed by atoms with Gasteiger partial charge in [0.2, 0.25) is 21.1 Å². The molecule has 10 heteroatoms. The van der Waals surface area contributed by atoms with Crippen molar-refractivity contribution >= 4 is 49.7 Å². The van der Waals surface area contributed by atoms with Gasteiger partial charge in [0.1, 0.15) is 11.6 Å². The van der Waals surface area contributed by atoms with Crippen molar-refractivity contribution in [3.05, 3.63) is 58.6 Å². The van der Waals surface area contributed by atoms with Crippen LogP contribution in [0.15, 0.2) is 42.5 Å². The van der Waals surface area contributed by atoms with Gasteiger partial charge in [-0.3, -0.25) is 14.4 Å². The number of hydrogen-bond donors (Lipinski definition) is 1. The third-order valence-electron chi connectivity index (χ3n) is 4.07. The Kier molecular flexibility index (Phi) is 6.21. The lowest BCUT2D eigenvalue weighted by Gasteiger charge is -2.23. The van der Waals surface area contributed by atoms with Gasteiger partial charge in [0.25, 0.3) is 0 Å². The first kappa shape index (κ1) is 21.2. The molecule has 0 spiro atoms. The molecule has 1 amide bonds. The molecule has 0 aliphatic carbocycles. The zero-order chi connectivity index (χ0) is 21.2. The Bertz CT molecular complexity index is 1140. The summed E-state index contributed by atoms with van der Waals surface area (Å²) in [4.78, 5) is 12.5. The van der Waals surface area contributed by atoms with Gasteiger partial charge in [-0.15, -0.1) is 10.2 Å². The molecule has 0 aliphatic rings. The maximum absolute atomic E-state index is 12.5. The number of sulfonamides is 1. The van der Waals surface area contributed by atoms with E-state index in [4.69, 9.17) is 11.6 Å². The third-order valence-corrected chi connectivity index (χ3v) is 6.34. The van der Waals surface area contributed by atoms with Crippen molar-refractivity contribution < 1.29 is 13.2 Å². The minimum Gasteiger partial charge on any atom is -0.299 e. The largest absolute Gasteiger partial charge is 0.299 e. The van der Waals surface area contributed by atoms with Gasteiger partial charge in [0.05, 0.1) is 11.9 Å². The normalized spacial score (nSPS) is 11.3. The smallest absolute Gasteiger partial charge is 0.246 e. The Morgan fingerprint density at radius 1 is 1.14 bits per heavy atom. The van der Waals surface area contributed by atoms with Gasteiger partial charge in [-0.25, -0.2) is 8.42 Å². The number of amides is 1. The third kappa shape index (κ3) is 5.31. The van der Waals surface area contributed by atoms with Crippen LogP contribution in [0.3, 0.4) is 0 Å². The van der Waals surface area contributed by atoms with E-state index in [1.54, 1.807) is 30.3 Å². The number of halogens is 1. The number of aromatic nitrogens is 2. The van der Waals surface area contributed by atoms with E-state index in [0.29, 0.717) is 15.7 Å². The summed E-state index contributed by atoms with van der Waals surface area (Å²) in [7, 11) is -3.66. The molecule has 0 unspecified atom stereocenters. The number of anilines is 2. The number of hydrogen-bond acceptors (Lipinski definition) is 6. The molecule has 0 aliphatic heterocycles. The second kappa shape index (κ2) is 8.48. The highest BCUT2D eigenvalue weighted by Gasteiger charge is 2.23. The van der Waals surface area contributed by atoms with E-state index in [1.165, 1.54) is 11.3 Å². The highest BCUT2D eigenvalue weighted by Crippen LogP contribution is 2.28. The molecule has 3 rings (SSSR count). The molecule has 152 valence electrons. The van der Waals surface area contributed by atoms with Gasteiger partial charge < -0.3 is 0 Å². The number of carbonyl (C=O) groups is 1. The number of nitrogens with one attached hydrogen (secondary N) is 1. The first-order valence-electron chi connectivity index (χ1n) is 8.58. The van der Waals surface area contributed by atoms with Crippen LogP contribution in [0.25, 0.3) is 10.6 Å². The van der Waals surface area contributed by atoms with Crippen molar-refractivity contribution in [2.75, 3.05) is 22.4 Å². The molecule has 0 saturated heterocycles. The van der Waals surface area contributed by atoms with Crippen LogP contribution in [0.5, 0.6) is 0 Å². The van der Waals surface area contributed by atoms with Crippen LogP contribution in [-0.4, -0.2) is 37.3 Å². The summed E-state index contributed by atoms with van der Waals surface area (Å²) in [5, 5.41) is 12.2. The first-order valence-corrected chi connectivity index (χ1v) is 11.6. The standard InChI is InChI=1S/C19H19ClN4O3S2/c1-12-4-9-16(13(2)10-12)24(29(3,26)27)11-17(25)21-19-23-22-18(28-19)14-5-7-15(20)8-6-14/h4-10H,11H2,1-3H3,(H,21,23,25). The molecule has 0 atom stereocenters. The maximum Gasteiger partial charge on any atom is 0.246 e. The van der Waals surface area contributed by atoms with Crippen molar-refractivity contribution in [2.45, 2.75) is 13.8 Å². The summed E-state index contributed by atoms with van der Waals surface area (Å²) >= 11 is 7.08. The Morgan fingerprint density at radius 2 is 1.83 bits per heavy atom. The van der Waals surface area contributed by atoms with Crippen molar-refractivity contribution in [3.63, 3.8) is 0 Å². The maximum atomic E-state index is 12.5. The van der Waals surface area contributed by atoms with Gasteiger partial charge in [-0.2, -0.15) is 0 Å². The first-order chi connectivity index (χ1) is 13.6. The number of nitrogens with zero attached hydrogens (tertiary/aromatic N) is 3. The Labute approximate surface area is 178 Å². The van der Waals surface area contributed by atoms with Gasteiger partial charge in [0, 0.05) is 10.6 Å². The number of rotatable bonds is 6. The molecule has 0 radical (unpaired) electrons. The number of carbonyl (C=O) groups excluding carboxylic acids is 1. The lowest BCUT2D eigenvalue weighted by molar-refractivity contribution is -0.114. The van der Waals surface area contributed by atoms with Gasteiger partial charge >= 0.3 is 0 Å². The quantitative estimate of drug-likeness (QED) is 0.615. The summed E-state index contributed by atoms with van der Waals surface area (Å²) in [6.07, 6.45) is 1.07. The lowest BCUT2D eigenvalue weighted by Crippen LogP contribution is -2.37. The van der Waals surface area contributed by atoms with Crippen molar-refractivity contribution in [3.8, 4) is 10.6 Å². The van der Waals surface area contributed by atoms with E-state index in [1.807, 2.05) is 26.0 Å². The van der Waals surface area contributed by atoms with Crippen LogP contribution in [-0.2, 0) is 14.8 Å². The van der Waals surface area contributed by atoms with E-state index in [-0.39, 0.29) is 11.7 Å². The number of aryl methyl sites for hydroxylation is 2. The number of benzene rings is 2. The van der Waals surface area contributed by atoms with E-state index >= 15 is 0 Å². The predicted molar refractivity (Wildman–Crippen MR) is 117 cm³/mol. The van der Waals surface area contributed by atoms with Crippen molar-refractivity contribution in [1.29, 1.82) is 0 Å². The second-order valence-corrected chi connectivity index (χ2v) is 9.85. The summed E-state index contributed by atoms with van der Waals surface area (Å²) in [6, 6.07) is 12.5. The Morgan fingerprint density at radius 3 is 2.45 bits per heavy atom. The Balaban J connectivity index is 1.77. The van der Waals surface area contributed by atoms with Gasteiger partial charge in [-0.05, 0) is 37.6 Å². The fourth-order valence-electron chi connectivity index (χ4n) is 2.74. The van der Waals surface area contributed by atoms with Crippen LogP contribution in [0.4, 0.5) is 10.8 Å². The van der Waals surface area contributed by atoms with E-state index in [9.17, 15) is 13.2 Å². The average Bonchev–Trinajstić information content (AvgIpc) is 3.08. The molecule has 1 aromatic heterocycles. The summed E-state index contributed by atoms with van der Waals surface area (Å²) in [5.41, 5.74) is 3.06. The van der Waals surface area contributed by atoms with Crippen LogP contribution in [0.2, 0.25) is 5.02 Å². The summed E-state index contributed by atoms with van der Waals surface area (Å²) in [6.45, 7) is 3.36. The molecule has 1 heterocycles. The van der Waals surface area contributed by atoms with Crippen molar-refractivity contribution in [2.24, 2.45) is 0 Å². The highest BCUT2D eigenvalue weighted by atomic mass is 35.5.